The van der Waals surface area contributed by atoms with E-state index in [1.54, 1.807) is 37.7 Å². The van der Waals surface area contributed by atoms with Crippen molar-refractivity contribution in [2.45, 2.75) is 0 Å². The van der Waals surface area contributed by atoms with Gasteiger partial charge in [0.25, 0.3) is 0 Å². The summed E-state index contributed by atoms with van der Waals surface area (Å²) in [6.07, 6.45) is 4.09. The van der Waals surface area contributed by atoms with Crippen LogP contribution >= 0.6 is 11.3 Å². The first-order valence-electron chi connectivity index (χ1n) is 9.38. The number of nitrogens with zero attached hydrogens (tertiary/aromatic N) is 1. The summed E-state index contributed by atoms with van der Waals surface area (Å²) in [5.74, 6) is 1.17. The molecule has 4 aromatic rings. The number of benzene rings is 3. The van der Waals surface area contributed by atoms with E-state index < -0.39 is 0 Å². The van der Waals surface area contributed by atoms with Crippen molar-refractivity contribution in [1.82, 2.24) is 4.98 Å². The van der Waals surface area contributed by atoms with Gasteiger partial charge in [-0.3, -0.25) is 0 Å². The molecule has 30 heavy (non-hydrogen) atoms. The third-order valence-electron chi connectivity index (χ3n) is 4.68. The molecular formula is C25H20FNO2S. The molecule has 0 aliphatic heterocycles. The molecule has 3 nitrogen and oxygen atoms in total. The van der Waals surface area contributed by atoms with Gasteiger partial charge in [0.05, 0.1) is 19.9 Å². The van der Waals surface area contributed by atoms with E-state index in [-0.39, 0.29) is 5.82 Å². The predicted molar refractivity (Wildman–Crippen MR) is 121 cm³/mol. The van der Waals surface area contributed by atoms with Gasteiger partial charge in [-0.2, -0.15) is 0 Å². The zero-order valence-corrected chi connectivity index (χ0v) is 17.4. The minimum Gasteiger partial charge on any atom is -0.493 e. The smallest absolute Gasteiger partial charge is 0.161 e. The van der Waals surface area contributed by atoms with E-state index in [0.29, 0.717) is 11.5 Å². The molecule has 0 fully saturated rings. The van der Waals surface area contributed by atoms with E-state index in [1.165, 1.54) is 12.1 Å². The highest BCUT2D eigenvalue weighted by Crippen LogP contribution is 2.30. The van der Waals surface area contributed by atoms with Crippen LogP contribution in [0.1, 0.15) is 11.1 Å². The molecule has 0 N–H and O–H groups in total. The minimum absolute atomic E-state index is 0.243. The average molecular weight is 418 g/mol. The van der Waals surface area contributed by atoms with Crippen LogP contribution < -0.4 is 9.47 Å². The van der Waals surface area contributed by atoms with E-state index in [4.69, 9.17) is 14.5 Å². The summed E-state index contributed by atoms with van der Waals surface area (Å²) < 4.78 is 23.7. The van der Waals surface area contributed by atoms with Crippen LogP contribution in [0.25, 0.3) is 34.0 Å². The Labute approximate surface area is 179 Å². The largest absolute Gasteiger partial charge is 0.493 e. The van der Waals surface area contributed by atoms with Crippen molar-refractivity contribution < 1.29 is 13.9 Å². The van der Waals surface area contributed by atoms with Crippen molar-refractivity contribution in [3.63, 3.8) is 0 Å². The molecule has 0 unspecified atom stereocenters. The van der Waals surface area contributed by atoms with E-state index in [9.17, 15) is 4.39 Å². The van der Waals surface area contributed by atoms with Gasteiger partial charge < -0.3 is 9.47 Å². The Morgan fingerprint density at radius 2 is 1.40 bits per heavy atom. The molecule has 0 aliphatic rings. The van der Waals surface area contributed by atoms with Crippen molar-refractivity contribution in [3.05, 3.63) is 89.1 Å². The first-order chi connectivity index (χ1) is 14.7. The highest BCUT2D eigenvalue weighted by Gasteiger charge is 2.07. The summed E-state index contributed by atoms with van der Waals surface area (Å²) in [6.45, 7) is 0. The minimum atomic E-state index is -0.243. The molecule has 0 bridgehead atoms. The Kier molecular flexibility index (Phi) is 5.91. The lowest BCUT2D eigenvalue weighted by Gasteiger charge is -2.07. The summed E-state index contributed by atoms with van der Waals surface area (Å²) in [7, 11) is 3.25. The molecular weight excluding hydrogens is 397 g/mol. The molecule has 0 atom stereocenters. The average Bonchev–Trinajstić information content (AvgIpc) is 3.28. The maximum absolute atomic E-state index is 13.1. The van der Waals surface area contributed by atoms with Gasteiger partial charge >= 0.3 is 0 Å². The van der Waals surface area contributed by atoms with Gasteiger partial charge in [0.15, 0.2) is 11.5 Å². The first-order valence-corrected chi connectivity index (χ1v) is 10.3. The number of hydrogen-bond donors (Lipinski definition) is 0. The molecule has 0 amide bonds. The number of aromatic nitrogens is 1. The topological polar surface area (TPSA) is 31.4 Å². The number of halogens is 1. The molecule has 1 aromatic heterocycles. The van der Waals surface area contributed by atoms with Crippen molar-refractivity contribution >= 4 is 23.5 Å². The summed E-state index contributed by atoms with van der Waals surface area (Å²) in [5.41, 5.74) is 4.99. The summed E-state index contributed by atoms with van der Waals surface area (Å²) in [5, 5.41) is 2.90. The quantitative estimate of drug-likeness (QED) is 0.323. The van der Waals surface area contributed by atoms with Crippen LogP contribution in [0.3, 0.4) is 0 Å². The van der Waals surface area contributed by atoms with Crippen LogP contribution in [-0.4, -0.2) is 19.2 Å². The zero-order valence-electron chi connectivity index (χ0n) is 16.6. The lowest BCUT2D eigenvalue weighted by atomic mass is 10.1. The van der Waals surface area contributed by atoms with Gasteiger partial charge in [-0.1, -0.05) is 42.5 Å². The van der Waals surface area contributed by atoms with Crippen molar-refractivity contribution in [2.75, 3.05) is 14.2 Å². The maximum Gasteiger partial charge on any atom is 0.161 e. The number of thiazole rings is 1. The van der Waals surface area contributed by atoms with Crippen molar-refractivity contribution in [2.24, 2.45) is 0 Å². The molecule has 4 rings (SSSR count). The predicted octanol–water partition coefficient (Wildman–Crippen LogP) is 6.80. The molecule has 5 heteroatoms. The van der Waals surface area contributed by atoms with Gasteiger partial charge in [-0.05, 0) is 47.5 Å². The second-order valence-electron chi connectivity index (χ2n) is 6.61. The van der Waals surface area contributed by atoms with Gasteiger partial charge in [0.2, 0.25) is 0 Å². The van der Waals surface area contributed by atoms with E-state index >= 15 is 0 Å². The molecule has 1 heterocycles. The molecule has 0 saturated carbocycles. The van der Waals surface area contributed by atoms with Crippen molar-refractivity contribution in [1.29, 1.82) is 0 Å². The van der Waals surface area contributed by atoms with Crippen LogP contribution in [0.2, 0.25) is 0 Å². The number of rotatable bonds is 6. The highest BCUT2D eigenvalue weighted by molar-refractivity contribution is 7.13. The summed E-state index contributed by atoms with van der Waals surface area (Å²) in [4.78, 5) is 4.69. The third-order valence-corrected chi connectivity index (χ3v) is 5.57. The Balaban J connectivity index is 1.49. The fraction of sp³-hybridized carbons (Fsp3) is 0.0800. The molecule has 0 spiro atoms. The molecule has 3 aromatic carbocycles. The fourth-order valence-electron chi connectivity index (χ4n) is 3.05. The normalized spacial score (nSPS) is 11.0. The standard InChI is InChI=1S/C25H20FNO2S/c1-28-23-14-7-18(15-24(23)29-2)4-3-17-5-8-19(9-6-17)22-16-30-25(27-22)20-10-12-21(26)13-11-20/h3-16H,1-2H3/b4-3+. The Bertz CT molecular complexity index is 1160. The van der Waals surface area contributed by atoms with Gasteiger partial charge in [0, 0.05) is 16.5 Å². The first kappa shape index (κ1) is 19.9. The number of methoxy groups -OCH3 is 2. The Morgan fingerprint density at radius 1 is 0.767 bits per heavy atom. The third kappa shape index (κ3) is 4.42. The zero-order chi connectivity index (χ0) is 20.9. The Hall–Kier alpha value is -3.44. The lowest BCUT2D eigenvalue weighted by molar-refractivity contribution is 0.355. The van der Waals surface area contributed by atoms with Crippen molar-refractivity contribution in [3.8, 4) is 33.3 Å². The van der Waals surface area contributed by atoms with E-state index in [2.05, 4.69) is 30.3 Å². The monoisotopic (exact) mass is 417 g/mol. The van der Waals surface area contributed by atoms with Gasteiger partial charge in [-0.25, -0.2) is 9.37 Å². The van der Waals surface area contributed by atoms with Crippen LogP contribution in [0.5, 0.6) is 11.5 Å². The molecule has 0 aliphatic carbocycles. The van der Waals surface area contributed by atoms with Crippen LogP contribution in [0.4, 0.5) is 4.39 Å². The number of ether oxygens (including phenoxy) is 2. The number of hydrogen-bond acceptors (Lipinski definition) is 4. The van der Waals surface area contributed by atoms with E-state index in [1.807, 2.05) is 29.7 Å². The van der Waals surface area contributed by atoms with Crippen LogP contribution in [0, 0.1) is 5.82 Å². The van der Waals surface area contributed by atoms with Crippen LogP contribution in [0.15, 0.2) is 72.1 Å². The lowest BCUT2D eigenvalue weighted by Crippen LogP contribution is -1.90. The molecule has 0 radical (unpaired) electrons. The molecule has 150 valence electrons. The second kappa shape index (κ2) is 8.93. The highest BCUT2D eigenvalue weighted by atomic mass is 32.1. The fourth-order valence-corrected chi connectivity index (χ4v) is 3.88. The van der Waals surface area contributed by atoms with Crippen LogP contribution in [-0.2, 0) is 0 Å². The van der Waals surface area contributed by atoms with Gasteiger partial charge in [-0.15, -0.1) is 11.3 Å². The molecule has 0 saturated heterocycles. The van der Waals surface area contributed by atoms with Gasteiger partial charge in [0.1, 0.15) is 10.8 Å². The van der Waals surface area contributed by atoms with E-state index in [0.717, 1.165) is 33.0 Å². The SMILES string of the molecule is COc1ccc(/C=C/c2ccc(-c3csc(-c4ccc(F)cc4)n3)cc2)cc1OC. The second-order valence-corrected chi connectivity index (χ2v) is 7.47. The summed E-state index contributed by atoms with van der Waals surface area (Å²) in [6, 6.07) is 20.4. The Morgan fingerprint density at radius 3 is 2.10 bits per heavy atom. The maximum atomic E-state index is 13.1. The summed E-state index contributed by atoms with van der Waals surface area (Å²) >= 11 is 1.55.